The van der Waals surface area contributed by atoms with Crippen LogP contribution in [0.25, 0.3) is 23.3 Å². The summed E-state index contributed by atoms with van der Waals surface area (Å²) < 4.78 is 0. The smallest absolute Gasteiger partial charge is 0.0462 e. The number of aryl methyl sites for hydroxylation is 4. The minimum Gasteiger partial charge on any atom is -0.311 e. The maximum atomic E-state index is 2.32. The van der Waals surface area contributed by atoms with E-state index in [1.807, 2.05) is 0 Å². The Labute approximate surface area is 379 Å². The molecule has 0 aromatic heterocycles. The minimum atomic E-state index is 1.11. The van der Waals surface area contributed by atoms with Crippen molar-refractivity contribution < 1.29 is 0 Å². The largest absolute Gasteiger partial charge is 0.311 e. The van der Waals surface area contributed by atoms with Crippen LogP contribution < -0.4 is 9.80 Å². The van der Waals surface area contributed by atoms with Gasteiger partial charge in [0.1, 0.15) is 0 Å². The molecule has 9 rings (SSSR count). The monoisotopic (exact) mass is 824 g/mol. The molecule has 0 saturated heterocycles. The summed E-state index contributed by atoms with van der Waals surface area (Å²) in [5.41, 5.74) is 21.0. The van der Waals surface area contributed by atoms with E-state index in [4.69, 9.17) is 0 Å². The van der Waals surface area contributed by atoms with Crippen molar-refractivity contribution in [3.8, 4) is 0 Å². The lowest BCUT2D eigenvalue weighted by atomic mass is 9.91. The van der Waals surface area contributed by atoms with Gasteiger partial charge in [0.15, 0.2) is 0 Å². The Hall–Kier alpha value is -7.94. The SMILES string of the molecule is Cc1ccc(N(c2ccc(C)cc2)c2ccc(C=C(c3ccccc3)c3ccc(C(=Cc4ccc(N(c5ccc(C)cc5)c5ccc(C)cc5)cc4)c4ccccc4)cc3)cc2)cc1. The van der Waals surface area contributed by atoms with Crippen LogP contribution in [0.3, 0.4) is 0 Å². The van der Waals surface area contributed by atoms with Crippen molar-refractivity contribution in [2.24, 2.45) is 0 Å². The van der Waals surface area contributed by atoms with E-state index >= 15 is 0 Å². The predicted molar refractivity (Wildman–Crippen MR) is 274 cm³/mol. The predicted octanol–water partition coefficient (Wildman–Crippen LogP) is 17.0. The Balaban J connectivity index is 1.04. The van der Waals surface area contributed by atoms with Gasteiger partial charge in [-0.15, -0.1) is 0 Å². The Kier molecular flexibility index (Phi) is 12.3. The summed E-state index contributed by atoms with van der Waals surface area (Å²) >= 11 is 0. The molecule has 0 bridgehead atoms. The quantitative estimate of drug-likeness (QED) is 0.113. The van der Waals surface area contributed by atoms with E-state index < -0.39 is 0 Å². The van der Waals surface area contributed by atoms with E-state index in [-0.39, 0.29) is 0 Å². The number of nitrogens with zero attached hydrogens (tertiary/aromatic N) is 2. The lowest BCUT2D eigenvalue weighted by Gasteiger charge is -2.26. The van der Waals surface area contributed by atoms with Crippen LogP contribution in [0.5, 0.6) is 0 Å². The maximum Gasteiger partial charge on any atom is 0.0462 e. The van der Waals surface area contributed by atoms with Crippen molar-refractivity contribution >= 4 is 57.4 Å². The Morgan fingerprint density at radius 2 is 0.469 bits per heavy atom. The highest BCUT2D eigenvalue weighted by Gasteiger charge is 2.15. The number of anilines is 6. The van der Waals surface area contributed by atoms with Crippen molar-refractivity contribution in [3.63, 3.8) is 0 Å². The van der Waals surface area contributed by atoms with Crippen LogP contribution in [-0.2, 0) is 0 Å². The maximum absolute atomic E-state index is 2.32. The van der Waals surface area contributed by atoms with Gasteiger partial charge in [0, 0.05) is 34.1 Å². The molecule has 64 heavy (non-hydrogen) atoms. The second kappa shape index (κ2) is 19.0. The van der Waals surface area contributed by atoms with E-state index in [9.17, 15) is 0 Å². The molecule has 9 aromatic rings. The summed E-state index contributed by atoms with van der Waals surface area (Å²) in [4.78, 5) is 4.64. The zero-order valence-corrected chi connectivity index (χ0v) is 37.0. The average Bonchev–Trinajstić information content (AvgIpc) is 3.34. The normalized spacial score (nSPS) is 11.6. The topological polar surface area (TPSA) is 6.48 Å². The molecule has 0 aliphatic carbocycles. The molecule has 0 fully saturated rings. The number of hydrogen-bond donors (Lipinski definition) is 0. The van der Waals surface area contributed by atoms with Gasteiger partial charge in [0.05, 0.1) is 0 Å². The molecule has 0 N–H and O–H groups in total. The summed E-state index contributed by atoms with van der Waals surface area (Å²) in [5, 5.41) is 0. The summed E-state index contributed by atoms with van der Waals surface area (Å²) in [7, 11) is 0. The fourth-order valence-corrected chi connectivity index (χ4v) is 8.17. The summed E-state index contributed by atoms with van der Waals surface area (Å²) in [6.45, 7) is 8.52. The molecule has 310 valence electrons. The van der Waals surface area contributed by atoms with Crippen LogP contribution in [0.15, 0.2) is 231 Å². The zero-order chi connectivity index (χ0) is 43.8. The van der Waals surface area contributed by atoms with Gasteiger partial charge in [-0.25, -0.2) is 0 Å². The first-order valence-electron chi connectivity index (χ1n) is 22.1. The fraction of sp³-hybridized carbons (Fsp3) is 0.0645. The Morgan fingerprint density at radius 3 is 0.719 bits per heavy atom. The van der Waals surface area contributed by atoms with E-state index in [1.54, 1.807) is 0 Å². The zero-order valence-electron chi connectivity index (χ0n) is 37.0. The molecule has 0 amide bonds. The summed E-state index contributed by atoms with van der Waals surface area (Å²) in [6.07, 6.45) is 4.62. The fourth-order valence-electron chi connectivity index (χ4n) is 8.17. The highest BCUT2D eigenvalue weighted by atomic mass is 15.1. The molecule has 0 saturated carbocycles. The third-order valence-electron chi connectivity index (χ3n) is 11.8. The van der Waals surface area contributed by atoms with Crippen LogP contribution in [0.1, 0.15) is 55.6 Å². The van der Waals surface area contributed by atoms with Gasteiger partial charge in [-0.3, -0.25) is 0 Å². The first-order valence-corrected chi connectivity index (χ1v) is 22.1. The lowest BCUT2D eigenvalue weighted by Crippen LogP contribution is -2.09. The van der Waals surface area contributed by atoms with Crippen LogP contribution in [0.2, 0.25) is 0 Å². The molecule has 9 aromatic carbocycles. The first-order chi connectivity index (χ1) is 31.3. The van der Waals surface area contributed by atoms with Crippen molar-refractivity contribution in [3.05, 3.63) is 286 Å². The molecular weight excluding hydrogens is 773 g/mol. The average molecular weight is 825 g/mol. The van der Waals surface area contributed by atoms with Gasteiger partial charge < -0.3 is 9.80 Å². The Bertz CT molecular complexity index is 2680. The van der Waals surface area contributed by atoms with Gasteiger partial charge in [0.2, 0.25) is 0 Å². The number of hydrogen-bond acceptors (Lipinski definition) is 2. The Morgan fingerprint density at radius 1 is 0.250 bits per heavy atom. The molecule has 0 heterocycles. The van der Waals surface area contributed by atoms with Crippen molar-refractivity contribution in [1.82, 2.24) is 0 Å². The minimum absolute atomic E-state index is 1.11. The van der Waals surface area contributed by atoms with Gasteiger partial charge in [-0.1, -0.05) is 180 Å². The van der Waals surface area contributed by atoms with Crippen LogP contribution in [0.4, 0.5) is 34.1 Å². The first kappa shape index (κ1) is 41.4. The van der Waals surface area contributed by atoms with E-state index in [0.29, 0.717) is 0 Å². The molecular formula is C62H52N2. The molecule has 0 atom stereocenters. The van der Waals surface area contributed by atoms with Gasteiger partial charge >= 0.3 is 0 Å². The van der Waals surface area contributed by atoms with Crippen molar-refractivity contribution in [1.29, 1.82) is 0 Å². The highest BCUT2D eigenvalue weighted by molar-refractivity contribution is 5.95. The standard InChI is InChI=1S/C62H52N2/c1-45-15-31-55(32-16-45)63(56-33-17-46(2)18-34-56)59-39-23-49(24-40-59)43-61(51-11-7-5-8-12-51)53-27-29-54(30-28-53)62(52-13-9-6-10-14-52)44-50-25-41-60(42-26-50)64(57-35-19-47(3)20-36-57)58-37-21-48(4)22-38-58/h5-44H,1-4H3. The molecule has 2 heteroatoms. The van der Waals surface area contributed by atoms with E-state index in [0.717, 1.165) is 56.4 Å². The van der Waals surface area contributed by atoms with Crippen molar-refractivity contribution in [2.45, 2.75) is 27.7 Å². The lowest BCUT2D eigenvalue weighted by molar-refractivity contribution is 1.27. The molecule has 0 unspecified atom stereocenters. The van der Waals surface area contributed by atoms with Crippen LogP contribution in [0, 0.1) is 27.7 Å². The molecule has 0 aliphatic rings. The molecule has 0 aliphatic heterocycles. The molecule has 0 spiro atoms. The third kappa shape index (κ3) is 9.58. The summed E-state index contributed by atoms with van der Waals surface area (Å²) in [5.74, 6) is 0. The van der Waals surface area contributed by atoms with Gasteiger partial charge in [-0.2, -0.15) is 0 Å². The highest BCUT2D eigenvalue weighted by Crippen LogP contribution is 2.38. The molecule has 0 radical (unpaired) electrons. The number of benzene rings is 9. The third-order valence-corrected chi connectivity index (χ3v) is 11.8. The number of rotatable bonds is 12. The van der Waals surface area contributed by atoms with Gasteiger partial charge in [-0.05, 0) is 157 Å². The summed E-state index contributed by atoms with van der Waals surface area (Å²) in [6, 6.07) is 83.2. The van der Waals surface area contributed by atoms with Crippen LogP contribution in [-0.4, -0.2) is 0 Å². The van der Waals surface area contributed by atoms with E-state index in [1.165, 1.54) is 44.5 Å². The van der Waals surface area contributed by atoms with Crippen molar-refractivity contribution in [2.75, 3.05) is 9.80 Å². The van der Waals surface area contributed by atoms with Gasteiger partial charge in [0.25, 0.3) is 0 Å². The van der Waals surface area contributed by atoms with Crippen LogP contribution >= 0.6 is 0 Å². The second-order valence-corrected chi connectivity index (χ2v) is 16.6. The van der Waals surface area contributed by atoms with E-state index in [2.05, 4.69) is 280 Å². The second-order valence-electron chi connectivity index (χ2n) is 16.6. The molecule has 2 nitrogen and oxygen atoms in total.